The van der Waals surface area contributed by atoms with Gasteiger partial charge in [-0.3, -0.25) is 4.99 Å². The Morgan fingerprint density at radius 3 is 2.73 bits per heavy atom. The molecule has 1 amide bonds. The van der Waals surface area contributed by atoms with Crippen molar-refractivity contribution in [2.45, 2.75) is 57.3 Å². The second-order valence-electron chi connectivity index (χ2n) is 10.2. The molecule has 2 aromatic rings. The van der Waals surface area contributed by atoms with Gasteiger partial charge in [-0.25, -0.2) is 19.2 Å². The average molecular weight is 527 g/mol. The van der Waals surface area contributed by atoms with Crippen molar-refractivity contribution in [1.29, 1.82) is 0 Å². The highest BCUT2D eigenvalue weighted by Crippen LogP contribution is 2.47. The lowest BCUT2D eigenvalue weighted by Gasteiger charge is -2.33. The first-order valence-corrected chi connectivity index (χ1v) is 13.2. The molecule has 3 aliphatic rings. The SMILES string of the molecule is COc1cc(C2N=C3SC=CN3C2c2ccnc(NC3CCN(C(=O)OC(C)(C)C)CC3)n2)ccc1F. The Balaban J connectivity index is 1.30. The van der Waals surface area contributed by atoms with Crippen molar-refractivity contribution in [3.8, 4) is 5.75 Å². The fourth-order valence-electron chi connectivity index (χ4n) is 4.68. The minimum atomic E-state index is -0.510. The smallest absolute Gasteiger partial charge is 0.410 e. The Labute approximate surface area is 220 Å². The van der Waals surface area contributed by atoms with E-state index in [0.29, 0.717) is 19.0 Å². The maximum atomic E-state index is 14.1. The number of nitrogens with zero attached hydrogens (tertiary/aromatic N) is 5. The summed E-state index contributed by atoms with van der Waals surface area (Å²) in [5.41, 5.74) is 1.15. The minimum Gasteiger partial charge on any atom is -0.494 e. The summed E-state index contributed by atoms with van der Waals surface area (Å²) >= 11 is 1.55. The van der Waals surface area contributed by atoms with Crippen molar-refractivity contribution in [3.05, 3.63) is 59.1 Å². The standard InChI is InChI=1S/C26H31FN6O3S/c1-26(2,3)36-25(34)32-11-8-17(9-12-32)29-23-28-10-7-19(30-23)22-21(31-24-33(22)13-14-37-24)16-5-6-18(27)20(15-16)35-4/h5-7,10,13-15,17,21-22H,8-9,11-12H2,1-4H3,(H,28,29,30). The summed E-state index contributed by atoms with van der Waals surface area (Å²) in [6, 6.07) is 6.42. The van der Waals surface area contributed by atoms with E-state index >= 15 is 0 Å². The van der Waals surface area contributed by atoms with E-state index in [-0.39, 0.29) is 30.0 Å². The van der Waals surface area contributed by atoms with Gasteiger partial charge in [0.1, 0.15) is 17.7 Å². The van der Waals surface area contributed by atoms with Crippen LogP contribution in [0.4, 0.5) is 15.1 Å². The van der Waals surface area contributed by atoms with Crippen LogP contribution in [0.15, 0.2) is 47.1 Å². The largest absolute Gasteiger partial charge is 0.494 e. The fraction of sp³-hybridized carbons (Fsp3) is 0.462. The van der Waals surface area contributed by atoms with Crippen LogP contribution < -0.4 is 10.1 Å². The molecule has 9 nitrogen and oxygen atoms in total. The number of aliphatic imine (C=N–C) groups is 1. The molecule has 2 atom stereocenters. The van der Waals surface area contributed by atoms with Gasteiger partial charge >= 0.3 is 6.09 Å². The number of carbonyl (C=O) groups excluding carboxylic acids is 1. The molecule has 1 fully saturated rings. The molecule has 1 aromatic heterocycles. The number of amides is 1. The number of benzene rings is 1. The molecule has 0 aliphatic carbocycles. The molecule has 0 radical (unpaired) electrons. The van der Waals surface area contributed by atoms with Crippen molar-refractivity contribution in [2.75, 3.05) is 25.5 Å². The van der Waals surface area contributed by atoms with Crippen molar-refractivity contribution in [1.82, 2.24) is 19.8 Å². The van der Waals surface area contributed by atoms with Crippen LogP contribution in [0.2, 0.25) is 0 Å². The van der Waals surface area contributed by atoms with Gasteiger partial charge < -0.3 is 24.6 Å². The van der Waals surface area contributed by atoms with Gasteiger partial charge in [-0.05, 0) is 62.8 Å². The van der Waals surface area contributed by atoms with E-state index in [2.05, 4.69) is 15.2 Å². The molecule has 1 aromatic carbocycles. The summed E-state index contributed by atoms with van der Waals surface area (Å²) in [5.74, 6) is 0.317. The Morgan fingerprint density at radius 1 is 1.22 bits per heavy atom. The van der Waals surface area contributed by atoms with Gasteiger partial charge in [-0.15, -0.1) is 0 Å². The highest BCUT2D eigenvalue weighted by atomic mass is 32.2. The maximum Gasteiger partial charge on any atom is 0.410 e. The molecule has 1 N–H and O–H groups in total. The van der Waals surface area contributed by atoms with E-state index in [1.165, 1.54) is 13.2 Å². The third-order valence-electron chi connectivity index (χ3n) is 6.44. The van der Waals surface area contributed by atoms with Crippen molar-refractivity contribution < 1.29 is 18.7 Å². The van der Waals surface area contributed by atoms with Gasteiger partial charge in [0, 0.05) is 31.5 Å². The first kappa shape index (κ1) is 25.3. The van der Waals surface area contributed by atoms with Gasteiger partial charge in [0.25, 0.3) is 0 Å². The van der Waals surface area contributed by atoms with E-state index in [0.717, 1.165) is 29.3 Å². The first-order valence-electron chi connectivity index (χ1n) is 12.3. The number of thioether (sulfide) groups is 1. The number of piperidine rings is 1. The molecular formula is C26H31FN6O3S. The Bertz CT molecular complexity index is 1230. The van der Waals surface area contributed by atoms with E-state index in [9.17, 15) is 9.18 Å². The Hall–Kier alpha value is -3.34. The van der Waals surface area contributed by atoms with Crippen molar-refractivity contribution >= 4 is 29.0 Å². The summed E-state index contributed by atoms with van der Waals surface area (Å²) in [5, 5.41) is 6.31. The molecule has 196 valence electrons. The highest BCUT2D eigenvalue weighted by molar-refractivity contribution is 8.16. The second kappa shape index (κ2) is 10.2. The zero-order valence-corrected chi connectivity index (χ0v) is 22.2. The fourth-order valence-corrected chi connectivity index (χ4v) is 5.46. The number of carbonyl (C=O) groups is 1. The van der Waals surface area contributed by atoms with Crippen molar-refractivity contribution in [2.24, 2.45) is 4.99 Å². The number of hydrogen-bond acceptors (Lipinski definition) is 9. The second-order valence-corrected chi connectivity index (χ2v) is 11.1. The van der Waals surface area contributed by atoms with Crippen LogP contribution in [0.3, 0.4) is 0 Å². The average Bonchev–Trinajstić information content (AvgIpc) is 3.45. The molecule has 1 saturated heterocycles. The number of likely N-dealkylation sites (tertiary alicyclic amines) is 1. The van der Waals surface area contributed by atoms with Crippen LogP contribution in [0.25, 0.3) is 0 Å². The van der Waals surface area contributed by atoms with Crippen LogP contribution in [0.1, 0.15) is 57.0 Å². The molecule has 3 aliphatic heterocycles. The summed E-state index contributed by atoms with van der Waals surface area (Å²) in [6.45, 7) is 6.83. The number of ether oxygens (including phenoxy) is 2. The molecule has 0 bridgehead atoms. The lowest BCUT2D eigenvalue weighted by atomic mass is 9.97. The normalized spacial score (nSPS) is 21.6. The number of amidine groups is 1. The molecule has 5 rings (SSSR count). The third kappa shape index (κ3) is 5.51. The van der Waals surface area contributed by atoms with Crippen LogP contribution in [-0.2, 0) is 4.74 Å². The highest BCUT2D eigenvalue weighted by Gasteiger charge is 2.40. The van der Waals surface area contributed by atoms with Gasteiger partial charge in [0.05, 0.1) is 12.8 Å². The van der Waals surface area contributed by atoms with Crippen LogP contribution in [0.5, 0.6) is 5.75 Å². The molecule has 2 unspecified atom stereocenters. The summed E-state index contributed by atoms with van der Waals surface area (Å²) in [6.07, 6.45) is 5.01. The quantitative estimate of drug-likeness (QED) is 0.575. The lowest BCUT2D eigenvalue weighted by Crippen LogP contribution is -2.44. The molecule has 37 heavy (non-hydrogen) atoms. The zero-order chi connectivity index (χ0) is 26.2. The lowest BCUT2D eigenvalue weighted by molar-refractivity contribution is 0.0210. The third-order valence-corrected chi connectivity index (χ3v) is 7.23. The summed E-state index contributed by atoms with van der Waals surface area (Å²) < 4.78 is 24.8. The van der Waals surface area contributed by atoms with Gasteiger partial charge in [-0.1, -0.05) is 17.8 Å². The number of aromatic nitrogens is 2. The summed E-state index contributed by atoms with van der Waals surface area (Å²) in [4.78, 5) is 30.4. The van der Waals surface area contributed by atoms with Gasteiger partial charge in [-0.2, -0.15) is 0 Å². The number of hydrogen-bond donors (Lipinski definition) is 1. The molecule has 0 saturated carbocycles. The van der Waals surface area contributed by atoms with E-state index < -0.39 is 11.4 Å². The number of anilines is 1. The predicted molar refractivity (Wildman–Crippen MR) is 141 cm³/mol. The molecular weight excluding hydrogens is 495 g/mol. The number of rotatable bonds is 5. The van der Waals surface area contributed by atoms with Gasteiger partial charge in [0.2, 0.25) is 5.95 Å². The Kier molecular flexibility index (Phi) is 6.98. The van der Waals surface area contributed by atoms with E-state index in [4.69, 9.17) is 19.5 Å². The van der Waals surface area contributed by atoms with Crippen LogP contribution in [-0.4, -0.2) is 62.9 Å². The molecule has 11 heteroatoms. The number of halogens is 1. The maximum absolute atomic E-state index is 14.1. The van der Waals surface area contributed by atoms with Crippen LogP contribution in [0, 0.1) is 5.82 Å². The number of nitrogens with one attached hydrogen (secondary N) is 1. The Morgan fingerprint density at radius 2 is 2.00 bits per heavy atom. The number of fused-ring (bicyclic) bond motifs is 1. The number of methoxy groups -OCH3 is 1. The van der Waals surface area contributed by atoms with E-state index in [1.807, 2.05) is 38.4 Å². The van der Waals surface area contributed by atoms with E-state index in [1.54, 1.807) is 35.0 Å². The first-order chi connectivity index (χ1) is 17.7. The minimum absolute atomic E-state index is 0.142. The molecule has 4 heterocycles. The zero-order valence-electron chi connectivity index (χ0n) is 21.3. The molecule has 0 spiro atoms. The monoisotopic (exact) mass is 526 g/mol. The topological polar surface area (TPSA) is 92.2 Å². The summed E-state index contributed by atoms with van der Waals surface area (Å²) in [7, 11) is 1.46. The van der Waals surface area contributed by atoms with Gasteiger partial charge in [0.15, 0.2) is 16.7 Å². The predicted octanol–water partition coefficient (Wildman–Crippen LogP) is 5.11. The van der Waals surface area contributed by atoms with Crippen molar-refractivity contribution in [3.63, 3.8) is 0 Å². The van der Waals surface area contributed by atoms with Crippen LogP contribution >= 0.6 is 11.8 Å².